The molecule has 0 spiro atoms. The van der Waals surface area contributed by atoms with Crippen LogP contribution in [0, 0.1) is 24.5 Å². The van der Waals surface area contributed by atoms with Crippen LogP contribution in [-0.2, 0) is 23.7 Å². The zero-order valence-electron chi connectivity index (χ0n) is 32.3. The van der Waals surface area contributed by atoms with Crippen molar-refractivity contribution in [2.45, 2.75) is 65.2 Å². The first-order chi connectivity index (χ1) is 26.0. The van der Waals surface area contributed by atoms with Gasteiger partial charge in [-0.15, -0.1) is 0 Å². The molecule has 2 unspecified atom stereocenters. The third-order valence-corrected chi connectivity index (χ3v) is 11.8. The molecule has 0 saturated heterocycles. The molecule has 6 aromatic carbocycles. The Morgan fingerprint density at radius 2 is 1.48 bits per heavy atom. The van der Waals surface area contributed by atoms with Gasteiger partial charge in [-0.25, -0.2) is 8.78 Å². The van der Waals surface area contributed by atoms with Crippen LogP contribution in [0.2, 0.25) is 0 Å². The van der Waals surface area contributed by atoms with Crippen molar-refractivity contribution in [1.82, 2.24) is 0 Å². The van der Waals surface area contributed by atoms with Gasteiger partial charge in [-0.3, -0.25) is 0 Å². The molecule has 2 atom stereocenters. The van der Waals surface area contributed by atoms with Crippen LogP contribution in [0.15, 0.2) is 139 Å². The van der Waals surface area contributed by atoms with Crippen molar-refractivity contribution in [3.05, 3.63) is 179 Å². The number of halogens is 2. The number of benzene rings is 6. The molecule has 0 fully saturated rings. The molecule has 2 aliphatic heterocycles. The smallest absolute Gasteiger partial charge is 0.217 e. The van der Waals surface area contributed by atoms with Gasteiger partial charge in [0, 0.05) is 41.1 Å². The molecule has 4 heteroatoms. The van der Waals surface area contributed by atoms with Gasteiger partial charge in [0.15, 0.2) is 5.71 Å². The highest BCUT2D eigenvalue weighted by molar-refractivity contribution is 6.08. The van der Waals surface area contributed by atoms with Crippen LogP contribution >= 0.6 is 0 Å². The van der Waals surface area contributed by atoms with E-state index in [9.17, 15) is 4.39 Å². The fourth-order valence-electron chi connectivity index (χ4n) is 9.32. The molecule has 272 valence electrons. The fourth-order valence-corrected chi connectivity index (χ4v) is 9.32. The molecule has 6 aromatic rings. The Labute approximate surface area is 318 Å². The maximum Gasteiger partial charge on any atom is 0.217 e. The van der Waals surface area contributed by atoms with E-state index in [1.54, 1.807) is 6.07 Å². The maximum atomic E-state index is 15.4. The monoisotopic (exact) mass is 715 g/mol. The van der Waals surface area contributed by atoms with Gasteiger partial charge in [-0.1, -0.05) is 110 Å². The van der Waals surface area contributed by atoms with E-state index in [-0.39, 0.29) is 5.41 Å². The Hall–Kier alpha value is -5.35. The van der Waals surface area contributed by atoms with E-state index >= 15 is 4.39 Å². The molecular weight excluding hydrogens is 667 g/mol. The van der Waals surface area contributed by atoms with Crippen LogP contribution in [0.5, 0.6) is 0 Å². The van der Waals surface area contributed by atoms with Gasteiger partial charge >= 0.3 is 0 Å². The van der Waals surface area contributed by atoms with Gasteiger partial charge in [0.2, 0.25) is 5.69 Å². The van der Waals surface area contributed by atoms with Gasteiger partial charge in [-0.2, -0.15) is 4.58 Å². The van der Waals surface area contributed by atoms with Gasteiger partial charge in [0.1, 0.15) is 18.2 Å². The number of hydrogen-bond acceptors (Lipinski definition) is 1. The quantitative estimate of drug-likeness (QED) is 0.135. The molecule has 0 amide bonds. The van der Waals surface area contributed by atoms with Crippen molar-refractivity contribution < 1.29 is 13.4 Å². The van der Waals surface area contributed by atoms with E-state index < -0.39 is 17.0 Å². The number of nitrogens with zero attached hydrogens (tertiary/aromatic N) is 2. The van der Waals surface area contributed by atoms with Crippen molar-refractivity contribution in [3.8, 4) is 0 Å². The fraction of sp³-hybridized carbons (Fsp3) is 0.260. The van der Waals surface area contributed by atoms with Gasteiger partial charge in [0.05, 0.1) is 10.8 Å². The first-order valence-corrected chi connectivity index (χ1v) is 19.4. The van der Waals surface area contributed by atoms with Crippen LogP contribution in [0.3, 0.4) is 0 Å². The van der Waals surface area contributed by atoms with Gasteiger partial charge in [0.25, 0.3) is 0 Å². The first kappa shape index (κ1) is 35.7. The number of hydrogen-bond donors (Lipinski definition) is 0. The minimum absolute atomic E-state index is 0.295. The zero-order valence-corrected chi connectivity index (χ0v) is 32.3. The lowest BCUT2D eigenvalue weighted by atomic mass is 9.74. The number of anilines is 1. The molecule has 0 aromatic heterocycles. The minimum atomic E-state index is -0.568. The highest BCUT2D eigenvalue weighted by atomic mass is 19.1. The lowest BCUT2D eigenvalue weighted by molar-refractivity contribution is -0.431. The average molecular weight is 716 g/mol. The summed E-state index contributed by atoms with van der Waals surface area (Å²) in [4.78, 5) is 2.55. The standard InChI is InChI=1S/C50H49F2N2/c1-7-53-46(50(6,31-39-22-24-40(51)29-44(39)52)42-25-23-36-16-10-11-19-41(36)48(42)53)20-13-21-47-49(5,30-35-15-12-14-34(4)26-35)43-27-37-17-8-9-18-38(37)28-45(43)54(47)32-33(2)3/h8-29,33H,7,30-32H2,1-6H3/q+1. The minimum Gasteiger partial charge on any atom is -0.344 e. The summed E-state index contributed by atoms with van der Waals surface area (Å²) >= 11 is 0. The summed E-state index contributed by atoms with van der Waals surface area (Å²) in [6.45, 7) is 15.2. The SMILES string of the molecule is CC[N+]1=C(C=CC=C2N(CC(C)C)c3cc4ccccc4cc3C2(C)Cc2cccc(C)c2)C(C)(Cc2ccc(F)cc2F)c2ccc3ccccc3c21. The number of aryl methyl sites for hydroxylation is 1. The van der Waals surface area contributed by atoms with Crippen LogP contribution in [0.1, 0.15) is 62.4 Å². The van der Waals surface area contributed by atoms with E-state index in [4.69, 9.17) is 0 Å². The predicted octanol–water partition coefficient (Wildman–Crippen LogP) is 12.3. The molecule has 0 aliphatic carbocycles. The predicted molar refractivity (Wildman–Crippen MR) is 222 cm³/mol. The normalized spacial score (nSPS) is 20.3. The number of fused-ring (bicyclic) bond motifs is 5. The topological polar surface area (TPSA) is 6.25 Å². The van der Waals surface area contributed by atoms with E-state index in [2.05, 4.69) is 166 Å². The lowest BCUT2D eigenvalue weighted by Gasteiger charge is -2.31. The summed E-state index contributed by atoms with van der Waals surface area (Å²) in [6, 6.07) is 39.3. The second-order valence-corrected chi connectivity index (χ2v) is 16.2. The lowest BCUT2D eigenvalue weighted by Crippen LogP contribution is -2.34. The second kappa shape index (κ2) is 13.8. The van der Waals surface area contributed by atoms with Gasteiger partial charge in [-0.05, 0) is 110 Å². The second-order valence-electron chi connectivity index (χ2n) is 16.2. The Morgan fingerprint density at radius 1 is 0.741 bits per heavy atom. The molecule has 0 N–H and O–H groups in total. The van der Waals surface area contributed by atoms with Crippen molar-refractivity contribution in [2.24, 2.45) is 5.92 Å². The molecular formula is C50H49F2N2+. The first-order valence-electron chi connectivity index (χ1n) is 19.4. The van der Waals surface area contributed by atoms with Crippen LogP contribution < -0.4 is 4.90 Å². The summed E-state index contributed by atoms with van der Waals surface area (Å²) in [5, 5.41) is 4.84. The van der Waals surface area contributed by atoms with Crippen LogP contribution in [0.25, 0.3) is 21.5 Å². The molecule has 0 saturated carbocycles. The molecule has 2 nitrogen and oxygen atoms in total. The average Bonchev–Trinajstić information content (AvgIpc) is 3.51. The van der Waals surface area contributed by atoms with Crippen molar-refractivity contribution >= 4 is 38.6 Å². The highest BCUT2D eigenvalue weighted by Crippen LogP contribution is 2.52. The summed E-state index contributed by atoms with van der Waals surface area (Å²) in [5.41, 5.74) is 9.55. The van der Waals surface area contributed by atoms with Gasteiger partial charge < -0.3 is 4.90 Å². The zero-order chi connectivity index (χ0) is 37.8. The molecule has 0 radical (unpaired) electrons. The largest absolute Gasteiger partial charge is 0.344 e. The Bertz CT molecular complexity index is 2520. The molecule has 54 heavy (non-hydrogen) atoms. The molecule has 2 aliphatic rings. The molecule has 8 rings (SSSR count). The Balaban J connectivity index is 1.31. The van der Waals surface area contributed by atoms with E-state index in [1.807, 2.05) is 0 Å². The third kappa shape index (κ3) is 6.06. The maximum absolute atomic E-state index is 15.4. The summed E-state index contributed by atoms with van der Waals surface area (Å²) < 4.78 is 32.0. The van der Waals surface area contributed by atoms with Crippen molar-refractivity contribution in [3.63, 3.8) is 0 Å². The van der Waals surface area contributed by atoms with Crippen LogP contribution in [0.4, 0.5) is 20.2 Å². The van der Waals surface area contributed by atoms with E-state index in [0.717, 1.165) is 36.9 Å². The van der Waals surface area contributed by atoms with E-state index in [0.29, 0.717) is 17.9 Å². The van der Waals surface area contributed by atoms with Crippen molar-refractivity contribution in [2.75, 3.05) is 18.0 Å². The molecule has 0 bridgehead atoms. The Kier molecular flexibility index (Phi) is 9.12. The van der Waals surface area contributed by atoms with Crippen molar-refractivity contribution in [1.29, 1.82) is 0 Å². The van der Waals surface area contributed by atoms with Crippen LogP contribution in [-0.4, -0.2) is 23.4 Å². The Morgan fingerprint density at radius 3 is 2.20 bits per heavy atom. The summed E-state index contributed by atoms with van der Waals surface area (Å²) in [5.74, 6) is -0.629. The highest BCUT2D eigenvalue weighted by Gasteiger charge is 2.49. The summed E-state index contributed by atoms with van der Waals surface area (Å²) in [6.07, 6.45) is 8.09. The summed E-state index contributed by atoms with van der Waals surface area (Å²) in [7, 11) is 0. The number of allylic oxidation sites excluding steroid dienone is 4. The van der Waals surface area contributed by atoms with E-state index in [1.165, 1.54) is 61.4 Å². The molecule has 2 heterocycles. The third-order valence-electron chi connectivity index (χ3n) is 11.8. The number of rotatable bonds is 9.